The first-order valence-corrected chi connectivity index (χ1v) is 9.17. The highest BCUT2D eigenvalue weighted by Gasteiger charge is 2.18. The maximum absolute atomic E-state index is 14.1. The van der Waals surface area contributed by atoms with Crippen molar-refractivity contribution in [3.63, 3.8) is 0 Å². The van der Waals surface area contributed by atoms with Crippen LogP contribution in [0.15, 0.2) is 36.5 Å². The minimum absolute atomic E-state index is 0.0858. The number of anilines is 2. The van der Waals surface area contributed by atoms with Crippen LogP contribution in [0.4, 0.5) is 25.4 Å². The van der Waals surface area contributed by atoms with Crippen LogP contribution in [-0.4, -0.2) is 60.6 Å². The molecule has 1 aliphatic heterocycles. The predicted octanol–water partition coefficient (Wildman–Crippen LogP) is 2.04. The number of nitrogens with zero attached hydrogens (tertiary/aromatic N) is 3. The number of pyridine rings is 1. The number of urea groups is 1. The summed E-state index contributed by atoms with van der Waals surface area (Å²) < 4.78 is 14.1. The zero-order valence-electron chi connectivity index (χ0n) is 16.0. The standard InChI is InChI=1S/C19H23BFN5O2/c1-13-2-4-15(11-22-13)23-19(28)24-17-10-14(3-5-16(17)21)12-25-6-8-26(9-7-25)18(20)27/h2-5,10-11H,6-9,12,20H2,1H3,(H2,23,24,28). The van der Waals surface area contributed by atoms with E-state index >= 15 is 0 Å². The molecule has 0 bridgehead atoms. The fraction of sp³-hybridized carbons (Fsp3) is 0.316. The van der Waals surface area contributed by atoms with Gasteiger partial charge in [-0.3, -0.25) is 14.7 Å². The SMILES string of the molecule is BC(=O)N1CCN(Cc2ccc(F)c(NC(=O)Nc3ccc(C)nc3)c2)CC1. The average molecular weight is 383 g/mol. The highest BCUT2D eigenvalue weighted by Crippen LogP contribution is 2.19. The monoisotopic (exact) mass is 383 g/mol. The lowest BCUT2D eigenvalue weighted by molar-refractivity contribution is 0.148. The number of benzene rings is 1. The number of nitrogens with one attached hydrogen (secondary N) is 2. The Morgan fingerprint density at radius 1 is 1.14 bits per heavy atom. The van der Waals surface area contributed by atoms with E-state index in [9.17, 15) is 14.0 Å². The van der Waals surface area contributed by atoms with E-state index in [-0.39, 0.29) is 11.5 Å². The molecule has 1 aromatic heterocycles. The van der Waals surface area contributed by atoms with E-state index in [1.165, 1.54) is 6.07 Å². The van der Waals surface area contributed by atoms with Crippen LogP contribution in [0.3, 0.4) is 0 Å². The van der Waals surface area contributed by atoms with Gasteiger partial charge in [-0.15, -0.1) is 0 Å². The summed E-state index contributed by atoms with van der Waals surface area (Å²) in [7, 11) is 1.57. The Morgan fingerprint density at radius 2 is 1.89 bits per heavy atom. The minimum Gasteiger partial charge on any atom is -0.349 e. The Hall–Kier alpha value is -2.94. The van der Waals surface area contributed by atoms with Gasteiger partial charge in [-0.1, -0.05) is 6.07 Å². The molecule has 2 heterocycles. The molecule has 0 atom stereocenters. The van der Waals surface area contributed by atoms with Gasteiger partial charge >= 0.3 is 6.03 Å². The summed E-state index contributed by atoms with van der Waals surface area (Å²) in [6.45, 7) is 5.39. The Balaban J connectivity index is 1.59. The molecule has 0 aliphatic carbocycles. The Bertz CT molecular complexity index is 854. The number of aromatic nitrogens is 1. The lowest BCUT2D eigenvalue weighted by atomic mass is 10.1. The summed E-state index contributed by atoms with van der Waals surface area (Å²) in [5.41, 5.74) is 2.39. The van der Waals surface area contributed by atoms with Crippen molar-refractivity contribution < 1.29 is 14.0 Å². The smallest absolute Gasteiger partial charge is 0.323 e. The van der Waals surface area contributed by atoms with Crippen LogP contribution in [0.1, 0.15) is 11.3 Å². The molecular weight excluding hydrogens is 360 g/mol. The minimum atomic E-state index is -0.531. The van der Waals surface area contributed by atoms with Crippen molar-refractivity contribution in [2.24, 2.45) is 0 Å². The Morgan fingerprint density at radius 3 is 2.54 bits per heavy atom. The van der Waals surface area contributed by atoms with Crippen LogP contribution >= 0.6 is 0 Å². The van der Waals surface area contributed by atoms with E-state index in [1.54, 1.807) is 38.3 Å². The summed E-state index contributed by atoms with van der Waals surface area (Å²) in [5, 5.41) is 5.18. The first-order chi connectivity index (χ1) is 13.4. The molecule has 2 aromatic rings. The van der Waals surface area contributed by atoms with E-state index in [1.807, 2.05) is 11.8 Å². The third-order valence-electron chi connectivity index (χ3n) is 4.67. The van der Waals surface area contributed by atoms with Gasteiger partial charge in [0.05, 0.1) is 17.6 Å². The van der Waals surface area contributed by atoms with E-state index < -0.39 is 11.8 Å². The van der Waals surface area contributed by atoms with E-state index in [4.69, 9.17) is 0 Å². The molecule has 3 rings (SSSR count). The first kappa shape index (κ1) is 19.8. The van der Waals surface area contributed by atoms with Crippen LogP contribution < -0.4 is 10.6 Å². The quantitative estimate of drug-likeness (QED) is 0.793. The zero-order chi connectivity index (χ0) is 20.1. The summed E-state index contributed by atoms with van der Waals surface area (Å²) in [4.78, 5) is 31.7. The summed E-state index contributed by atoms with van der Waals surface area (Å²) in [5.74, 6) is -0.412. The molecule has 0 unspecified atom stereocenters. The van der Waals surface area contributed by atoms with Crippen molar-refractivity contribution in [2.45, 2.75) is 13.5 Å². The maximum atomic E-state index is 14.1. The van der Waals surface area contributed by atoms with Crippen molar-refractivity contribution in [1.82, 2.24) is 14.8 Å². The van der Waals surface area contributed by atoms with Gasteiger partial charge in [0.2, 0.25) is 7.85 Å². The van der Waals surface area contributed by atoms with Crippen LogP contribution in [-0.2, 0) is 6.54 Å². The van der Waals surface area contributed by atoms with Crippen molar-refractivity contribution in [3.8, 4) is 0 Å². The fourth-order valence-electron chi connectivity index (χ4n) is 3.07. The van der Waals surface area contributed by atoms with Crippen molar-refractivity contribution in [3.05, 3.63) is 53.6 Å². The largest absolute Gasteiger partial charge is 0.349 e. The molecule has 1 fully saturated rings. The number of rotatable bonds is 4. The molecule has 3 amide bonds. The summed E-state index contributed by atoms with van der Waals surface area (Å²) in [6.07, 6.45) is 1.54. The van der Waals surface area contributed by atoms with Crippen LogP contribution in [0, 0.1) is 12.7 Å². The second kappa shape index (κ2) is 8.84. The number of hydrogen-bond acceptors (Lipinski definition) is 4. The number of hydrogen-bond donors (Lipinski definition) is 2. The molecule has 0 saturated carbocycles. The molecule has 1 saturated heterocycles. The molecule has 1 aliphatic rings. The molecule has 146 valence electrons. The van der Waals surface area contributed by atoms with Gasteiger partial charge in [-0.05, 0) is 36.8 Å². The fourth-order valence-corrected chi connectivity index (χ4v) is 3.07. The van der Waals surface area contributed by atoms with Crippen molar-refractivity contribution in [2.75, 3.05) is 36.8 Å². The Kier molecular flexibility index (Phi) is 6.25. The van der Waals surface area contributed by atoms with Crippen molar-refractivity contribution in [1.29, 1.82) is 0 Å². The van der Waals surface area contributed by atoms with Crippen molar-refractivity contribution >= 4 is 31.1 Å². The number of halogens is 1. The number of aryl methyl sites for hydroxylation is 1. The third-order valence-corrected chi connectivity index (χ3v) is 4.67. The molecule has 2 N–H and O–H groups in total. The molecular formula is C19H23BFN5O2. The van der Waals surface area contributed by atoms with Gasteiger partial charge in [0.15, 0.2) is 5.81 Å². The third kappa shape index (κ3) is 5.29. The molecule has 9 heteroatoms. The van der Waals surface area contributed by atoms with Gasteiger partial charge in [-0.25, -0.2) is 9.18 Å². The van der Waals surface area contributed by atoms with Gasteiger partial charge in [0, 0.05) is 38.4 Å². The number of carbonyl (C=O) groups excluding carboxylic acids is 2. The number of amides is 3. The van der Waals surface area contributed by atoms with E-state index in [2.05, 4.69) is 20.5 Å². The lowest BCUT2D eigenvalue weighted by Crippen LogP contribution is -2.47. The van der Waals surface area contributed by atoms with E-state index in [0.29, 0.717) is 25.3 Å². The summed E-state index contributed by atoms with van der Waals surface area (Å²) in [6, 6.07) is 7.68. The lowest BCUT2D eigenvalue weighted by Gasteiger charge is -2.34. The molecule has 28 heavy (non-hydrogen) atoms. The molecule has 7 nitrogen and oxygen atoms in total. The summed E-state index contributed by atoms with van der Waals surface area (Å²) >= 11 is 0. The predicted molar refractivity (Wildman–Crippen MR) is 109 cm³/mol. The van der Waals surface area contributed by atoms with Gasteiger partial charge in [-0.2, -0.15) is 0 Å². The molecule has 0 radical (unpaired) electrons. The zero-order valence-corrected chi connectivity index (χ0v) is 16.0. The second-order valence-electron chi connectivity index (χ2n) is 6.86. The van der Waals surface area contributed by atoms with Gasteiger partial charge < -0.3 is 15.5 Å². The van der Waals surface area contributed by atoms with Crippen LogP contribution in [0.5, 0.6) is 0 Å². The van der Waals surface area contributed by atoms with Crippen LogP contribution in [0.25, 0.3) is 0 Å². The van der Waals surface area contributed by atoms with Crippen LogP contribution in [0.2, 0.25) is 0 Å². The average Bonchev–Trinajstić information content (AvgIpc) is 2.67. The van der Waals surface area contributed by atoms with E-state index in [0.717, 1.165) is 24.3 Å². The highest BCUT2D eigenvalue weighted by atomic mass is 19.1. The molecule has 1 aromatic carbocycles. The highest BCUT2D eigenvalue weighted by molar-refractivity contribution is 6.56. The first-order valence-electron chi connectivity index (χ1n) is 9.17. The van der Waals surface area contributed by atoms with Gasteiger partial charge in [0.25, 0.3) is 0 Å². The molecule has 0 spiro atoms. The maximum Gasteiger partial charge on any atom is 0.323 e. The topological polar surface area (TPSA) is 77.6 Å². The Labute approximate surface area is 164 Å². The van der Waals surface area contributed by atoms with Gasteiger partial charge in [0.1, 0.15) is 5.82 Å². The second-order valence-corrected chi connectivity index (χ2v) is 6.86. The normalized spacial score (nSPS) is 14.6. The number of carbonyl (C=O) groups is 2. The number of piperazine rings is 1.